The van der Waals surface area contributed by atoms with Crippen LogP contribution >= 0.6 is 68.0 Å². The summed E-state index contributed by atoms with van der Waals surface area (Å²) in [6.45, 7) is 9.02. The SMILES string of the molecule is CCCCCCCCC1(CCCCCCCC)c2cc(-c3ccc(-c4ccc(C(CCCCCC)=C(C#N)C#N)s4)s3)sc2-c2sc(-c3ccc(-c4ccc(C(CCCCCC)=C(C#N)C#N)s4)s3)cc21. The minimum atomic E-state index is -0.00667. The first kappa shape index (κ1) is 54.4. The maximum absolute atomic E-state index is 9.88. The van der Waals surface area contributed by atoms with Crippen LogP contribution in [0.4, 0.5) is 0 Å². The zero-order valence-electron chi connectivity index (χ0n) is 42.5. The summed E-state index contributed by atoms with van der Waals surface area (Å²) in [4.78, 5) is 15.2. The van der Waals surface area contributed by atoms with Crippen LogP contribution in [-0.2, 0) is 5.41 Å². The van der Waals surface area contributed by atoms with Gasteiger partial charge in [0.05, 0.1) is 0 Å². The second-order valence-electron chi connectivity index (χ2n) is 19.3. The van der Waals surface area contributed by atoms with Crippen LogP contribution < -0.4 is 0 Å². The average molecular weight is 1050 g/mol. The Hall–Kier alpha value is -4.36. The van der Waals surface area contributed by atoms with Crippen molar-refractivity contribution in [3.63, 3.8) is 0 Å². The van der Waals surface area contributed by atoms with Gasteiger partial charge in [-0.1, -0.05) is 143 Å². The third-order valence-electron chi connectivity index (χ3n) is 14.2. The van der Waals surface area contributed by atoms with E-state index < -0.39 is 0 Å². The standard InChI is InChI=1S/C61H70N4S6/c1-5-9-13-17-19-23-35-61(36-24-20-18-14-10-6-2)47-37-57(55-33-31-53(68-55)51-29-27-49(66-51)45(43(39-62)40-63)25-21-15-11-7-3)70-59(47)60-48(61)38-58(71-60)56-34-32-54(69-56)52-30-28-50(67-52)46(44(41-64)42-65)26-22-16-12-8-4/h27-34,37-38H,5-26,35-36H2,1-4H3. The van der Waals surface area contributed by atoms with Crippen molar-refractivity contribution in [2.45, 2.75) is 187 Å². The Morgan fingerprint density at radius 3 is 1.04 bits per heavy atom. The molecule has 4 nitrogen and oxygen atoms in total. The lowest BCUT2D eigenvalue weighted by Gasteiger charge is -2.31. The Labute approximate surface area is 449 Å². The third-order valence-corrected chi connectivity index (χ3v) is 21.9. The summed E-state index contributed by atoms with van der Waals surface area (Å²) in [6, 6.07) is 31.8. The molecule has 6 heterocycles. The number of nitrogens with zero attached hydrogens (tertiary/aromatic N) is 4. The van der Waals surface area contributed by atoms with E-state index in [2.05, 4.69) is 113 Å². The van der Waals surface area contributed by atoms with Gasteiger partial charge in [0.2, 0.25) is 0 Å². The number of hydrogen-bond donors (Lipinski definition) is 0. The van der Waals surface area contributed by atoms with Crippen LogP contribution in [0.15, 0.2) is 71.8 Å². The van der Waals surface area contributed by atoms with E-state index in [1.165, 1.54) is 152 Å². The van der Waals surface area contributed by atoms with E-state index in [0.29, 0.717) is 0 Å². The first-order valence-electron chi connectivity index (χ1n) is 26.6. The zero-order valence-corrected chi connectivity index (χ0v) is 47.4. The predicted molar refractivity (Wildman–Crippen MR) is 311 cm³/mol. The van der Waals surface area contributed by atoms with Crippen LogP contribution in [0.3, 0.4) is 0 Å². The molecule has 0 saturated heterocycles. The van der Waals surface area contributed by atoms with Crippen molar-refractivity contribution < 1.29 is 0 Å². The maximum atomic E-state index is 9.88. The third kappa shape index (κ3) is 13.3. The Morgan fingerprint density at radius 1 is 0.366 bits per heavy atom. The molecule has 10 heteroatoms. The minimum absolute atomic E-state index is 0.00667. The number of nitriles is 4. The Kier molecular flexibility index (Phi) is 21.2. The van der Waals surface area contributed by atoms with Crippen LogP contribution in [0.25, 0.3) is 59.9 Å². The van der Waals surface area contributed by atoms with Gasteiger partial charge in [-0.25, -0.2) is 0 Å². The molecule has 0 saturated carbocycles. The first-order chi connectivity index (χ1) is 34.9. The van der Waals surface area contributed by atoms with E-state index in [1.54, 1.807) is 33.8 Å². The lowest BCUT2D eigenvalue weighted by atomic mass is 9.71. The maximum Gasteiger partial charge on any atom is 0.134 e. The molecule has 0 amide bonds. The second kappa shape index (κ2) is 27.6. The van der Waals surface area contributed by atoms with E-state index in [9.17, 15) is 21.0 Å². The Bertz CT molecular complexity index is 2680. The van der Waals surface area contributed by atoms with Gasteiger partial charge in [-0.2, -0.15) is 21.0 Å². The molecule has 370 valence electrons. The molecule has 6 aromatic heterocycles. The van der Waals surface area contributed by atoms with E-state index in [0.717, 1.165) is 72.3 Å². The molecule has 0 aromatic carbocycles. The lowest BCUT2D eigenvalue weighted by molar-refractivity contribution is 0.399. The van der Waals surface area contributed by atoms with Crippen LogP contribution in [0, 0.1) is 45.3 Å². The van der Waals surface area contributed by atoms with Gasteiger partial charge in [0.25, 0.3) is 0 Å². The summed E-state index contributed by atoms with van der Waals surface area (Å²) in [5, 5.41) is 39.5. The van der Waals surface area contributed by atoms with Gasteiger partial charge in [-0.15, -0.1) is 68.0 Å². The summed E-state index contributed by atoms with van der Waals surface area (Å²) in [5.41, 5.74) is 5.40. The highest BCUT2D eigenvalue weighted by molar-refractivity contribution is 7.31. The van der Waals surface area contributed by atoms with Crippen LogP contribution in [0.2, 0.25) is 0 Å². The van der Waals surface area contributed by atoms with Crippen LogP contribution in [0.5, 0.6) is 0 Å². The van der Waals surface area contributed by atoms with Crippen LogP contribution in [0.1, 0.15) is 203 Å². The molecule has 0 unspecified atom stereocenters. The van der Waals surface area contributed by atoms with E-state index in [4.69, 9.17) is 0 Å². The lowest BCUT2D eigenvalue weighted by Crippen LogP contribution is -2.25. The van der Waals surface area contributed by atoms with Gasteiger partial charge >= 0.3 is 0 Å². The predicted octanol–water partition coefficient (Wildman–Crippen LogP) is 22.0. The Morgan fingerprint density at radius 2 is 0.676 bits per heavy atom. The fourth-order valence-electron chi connectivity index (χ4n) is 10.3. The monoisotopic (exact) mass is 1050 g/mol. The Balaban J connectivity index is 1.23. The van der Waals surface area contributed by atoms with Gasteiger partial charge in [-0.3, -0.25) is 0 Å². The van der Waals surface area contributed by atoms with Crippen molar-refractivity contribution in [1.82, 2.24) is 0 Å². The molecule has 1 aliphatic rings. The van der Waals surface area contributed by atoms with Gasteiger partial charge < -0.3 is 0 Å². The second-order valence-corrected chi connectivity index (χ2v) is 25.7. The molecule has 0 N–H and O–H groups in total. The van der Waals surface area contributed by atoms with Crippen molar-refractivity contribution in [3.05, 3.63) is 92.7 Å². The minimum Gasteiger partial charge on any atom is -0.192 e. The molecule has 6 aromatic rings. The van der Waals surface area contributed by atoms with Crippen molar-refractivity contribution in [2.75, 3.05) is 0 Å². The number of fused-ring (bicyclic) bond motifs is 3. The first-order valence-corrected chi connectivity index (χ1v) is 31.5. The number of allylic oxidation sites excluding steroid dienone is 4. The van der Waals surface area contributed by atoms with E-state index in [1.807, 2.05) is 45.3 Å². The summed E-state index contributed by atoms with van der Waals surface area (Å²) in [5.74, 6) is 0. The molecule has 0 radical (unpaired) electrons. The van der Waals surface area contributed by atoms with Gasteiger partial charge in [-0.05, 0) is 121 Å². The fraction of sp³-hybridized carbons (Fsp3) is 0.475. The number of hydrogen-bond acceptors (Lipinski definition) is 10. The molecular formula is C61H70N4S6. The molecule has 0 fully saturated rings. The molecule has 0 aliphatic heterocycles. The van der Waals surface area contributed by atoms with Crippen molar-refractivity contribution in [3.8, 4) is 73.0 Å². The summed E-state index contributed by atoms with van der Waals surface area (Å²) >= 11 is 11.1. The summed E-state index contributed by atoms with van der Waals surface area (Å²) in [7, 11) is 0. The molecule has 0 spiro atoms. The van der Waals surface area contributed by atoms with E-state index in [-0.39, 0.29) is 16.6 Å². The highest BCUT2D eigenvalue weighted by Gasteiger charge is 2.45. The topological polar surface area (TPSA) is 95.2 Å². The van der Waals surface area contributed by atoms with Crippen molar-refractivity contribution in [1.29, 1.82) is 21.0 Å². The van der Waals surface area contributed by atoms with Gasteiger partial charge in [0.1, 0.15) is 35.4 Å². The molecule has 0 bridgehead atoms. The molecular weight excluding hydrogens is 981 g/mol. The summed E-state index contributed by atoms with van der Waals surface area (Å²) in [6.07, 6.45) is 28.2. The quantitative estimate of drug-likeness (QED) is 0.0332. The molecule has 7 rings (SSSR count). The number of thiophene rings is 6. The summed E-state index contributed by atoms with van der Waals surface area (Å²) < 4.78 is 0. The highest BCUT2D eigenvalue weighted by Crippen LogP contribution is 2.62. The molecule has 0 atom stereocenters. The van der Waals surface area contributed by atoms with Gasteiger partial charge in [0, 0.05) is 63.9 Å². The number of unbranched alkanes of at least 4 members (excludes halogenated alkanes) is 16. The van der Waals surface area contributed by atoms with Crippen molar-refractivity contribution >= 4 is 79.2 Å². The molecule has 1 aliphatic carbocycles. The number of rotatable bonds is 30. The smallest absolute Gasteiger partial charge is 0.134 e. The van der Waals surface area contributed by atoms with Crippen molar-refractivity contribution in [2.24, 2.45) is 0 Å². The van der Waals surface area contributed by atoms with E-state index >= 15 is 0 Å². The highest BCUT2D eigenvalue weighted by atomic mass is 32.1. The van der Waals surface area contributed by atoms with Crippen LogP contribution in [-0.4, -0.2) is 0 Å². The van der Waals surface area contributed by atoms with Gasteiger partial charge in [0.15, 0.2) is 0 Å². The zero-order chi connectivity index (χ0) is 50.0. The molecule has 71 heavy (non-hydrogen) atoms. The average Bonchev–Trinajstić information content (AvgIpc) is 4.25. The normalized spacial score (nSPS) is 12.2. The fourth-order valence-corrected chi connectivity index (χ4v) is 17.5. The largest absolute Gasteiger partial charge is 0.192 e.